The Bertz CT molecular complexity index is 1330. The number of hydrogen-bond donors (Lipinski definition) is 7. The molecule has 12 nitrogen and oxygen atoms in total. The number of aromatic nitrogens is 1. The Labute approximate surface area is 229 Å². The Hall–Kier alpha value is -3.81. The number of aliphatic hydroxyl groups is 2. The van der Waals surface area contributed by atoms with Gasteiger partial charge in [0, 0.05) is 43.4 Å². The van der Waals surface area contributed by atoms with E-state index in [1.807, 2.05) is 24.3 Å². The molecule has 40 heavy (non-hydrogen) atoms. The summed E-state index contributed by atoms with van der Waals surface area (Å²) in [5.74, 6) is -5.54. The minimum absolute atomic E-state index is 0.0919. The van der Waals surface area contributed by atoms with Crippen LogP contribution in [0.15, 0.2) is 60.8 Å². The number of carbonyl (C=O) groups excluding carboxylic acids is 1. The third kappa shape index (κ3) is 6.66. The largest absolute Gasteiger partial charge is 0.480 e. The van der Waals surface area contributed by atoms with E-state index in [4.69, 9.17) is 9.47 Å². The van der Waals surface area contributed by atoms with Crippen LogP contribution in [-0.2, 0) is 36.9 Å². The van der Waals surface area contributed by atoms with E-state index in [9.17, 15) is 34.8 Å². The van der Waals surface area contributed by atoms with Gasteiger partial charge in [-0.3, -0.25) is 9.59 Å². The lowest BCUT2D eigenvalue weighted by atomic mass is 9.89. The fraction of sp³-hybridized carbons (Fsp3) is 0.393. The van der Waals surface area contributed by atoms with Crippen LogP contribution >= 0.6 is 0 Å². The normalized spacial score (nSPS) is 24.3. The van der Waals surface area contributed by atoms with E-state index in [0.29, 0.717) is 5.56 Å². The lowest BCUT2D eigenvalue weighted by Crippen LogP contribution is -2.67. The van der Waals surface area contributed by atoms with Gasteiger partial charge in [-0.15, -0.1) is 0 Å². The Balaban J connectivity index is 1.51. The first-order valence-corrected chi connectivity index (χ1v) is 12.8. The summed E-state index contributed by atoms with van der Waals surface area (Å²) in [4.78, 5) is 39.4. The van der Waals surface area contributed by atoms with Gasteiger partial charge in [-0.2, -0.15) is 0 Å². The van der Waals surface area contributed by atoms with Gasteiger partial charge in [-0.25, -0.2) is 4.79 Å². The van der Waals surface area contributed by atoms with Gasteiger partial charge in [0.2, 0.25) is 5.91 Å². The fourth-order valence-electron chi connectivity index (χ4n) is 4.91. The first-order valence-electron chi connectivity index (χ1n) is 12.8. The summed E-state index contributed by atoms with van der Waals surface area (Å²) >= 11 is 0. The molecule has 0 spiro atoms. The average molecular weight is 556 g/mol. The molecule has 1 aromatic heterocycles. The summed E-state index contributed by atoms with van der Waals surface area (Å²) in [7, 11) is 0. The highest BCUT2D eigenvalue weighted by atomic mass is 16.7. The molecule has 7 N–H and O–H groups in total. The summed E-state index contributed by atoms with van der Waals surface area (Å²) in [5.41, 5.74) is 2.26. The Morgan fingerprint density at radius 1 is 1.12 bits per heavy atom. The maximum Gasteiger partial charge on any atom is 0.364 e. The zero-order valence-electron chi connectivity index (χ0n) is 21.8. The van der Waals surface area contributed by atoms with Crippen molar-refractivity contribution in [1.29, 1.82) is 0 Å². The number of fused-ring (bicyclic) bond motifs is 1. The van der Waals surface area contributed by atoms with E-state index in [0.717, 1.165) is 16.5 Å². The van der Waals surface area contributed by atoms with Crippen molar-refractivity contribution >= 4 is 28.7 Å². The van der Waals surface area contributed by atoms with Crippen molar-refractivity contribution in [2.24, 2.45) is 0 Å². The Morgan fingerprint density at radius 3 is 2.50 bits per heavy atom. The fourth-order valence-corrected chi connectivity index (χ4v) is 4.91. The number of aromatic amines is 1. The minimum atomic E-state index is -2.33. The van der Waals surface area contributed by atoms with Crippen LogP contribution in [0.3, 0.4) is 0 Å². The molecule has 0 saturated carbocycles. The van der Waals surface area contributed by atoms with Gasteiger partial charge in [-0.1, -0.05) is 48.5 Å². The minimum Gasteiger partial charge on any atom is -0.480 e. The van der Waals surface area contributed by atoms with Gasteiger partial charge < -0.3 is 45.5 Å². The van der Waals surface area contributed by atoms with Crippen molar-refractivity contribution in [3.05, 3.63) is 71.9 Å². The number of aliphatic carboxylic acids is 2. The second kappa shape index (κ2) is 12.6. The van der Waals surface area contributed by atoms with Crippen molar-refractivity contribution in [3.8, 4) is 0 Å². The summed E-state index contributed by atoms with van der Waals surface area (Å²) in [6, 6.07) is 13.9. The van der Waals surface area contributed by atoms with Crippen LogP contribution in [-0.4, -0.2) is 86.0 Å². The molecule has 1 aliphatic rings. The molecule has 1 fully saturated rings. The lowest BCUT2D eigenvalue weighted by Gasteiger charge is -2.46. The number of carboxylic acids is 2. The molecule has 214 valence electrons. The molecule has 1 saturated heterocycles. The molecule has 0 bridgehead atoms. The summed E-state index contributed by atoms with van der Waals surface area (Å²) in [6.45, 7) is 0.708. The third-order valence-corrected chi connectivity index (χ3v) is 6.93. The molecule has 1 aliphatic heterocycles. The van der Waals surface area contributed by atoms with Gasteiger partial charge in [-0.05, 0) is 17.2 Å². The number of benzene rings is 2. The number of amides is 1. The molecule has 5 unspecified atom stereocenters. The van der Waals surface area contributed by atoms with E-state index in [-0.39, 0.29) is 19.6 Å². The number of ether oxygens (including phenoxy) is 2. The van der Waals surface area contributed by atoms with Crippen molar-refractivity contribution < 1.29 is 44.3 Å². The quantitative estimate of drug-likeness (QED) is 0.168. The molecule has 3 aromatic rings. The highest BCUT2D eigenvalue weighted by Crippen LogP contribution is 2.33. The number of H-pyrrole nitrogens is 1. The molecule has 4 rings (SSSR count). The molecule has 6 atom stereocenters. The smallest absolute Gasteiger partial charge is 0.364 e. The number of aliphatic hydroxyl groups excluding tert-OH is 2. The van der Waals surface area contributed by atoms with Crippen LogP contribution in [0.2, 0.25) is 0 Å². The van der Waals surface area contributed by atoms with Crippen LogP contribution in [0, 0.1) is 0 Å². The van der Waals surface area contributed by atoms with Crippen molar-refractivity contribution in [2.45, 2.75) is 62.6 Å². The molecule has 12 heteroatoms. The predicted octanol–water partition coefficient (Wildman–Crippen LogP) is 0.766. The van der Waals surface area contributed by atoms with Crippen molar-refractivity contribution in [3.63, 3.8) is 0 Å². The zero-order valence-corrected chi connectivity index (χ0v) is 21.8. The molecular formula is C28H33N3O9. The van der Waals surface area contributed by atoms with Gasteiger partial charge in [0.05, 0.1) is 24.9 Å². The Kier molecular flexibility index (Phi) is 9.17. The van der Waals surface area contributed by atoms with E-state index in [2.05, 4.69) is 15.6 Å². The summed E-state index contributed by atoms with van der Waals surface area (Å²) in [5, 5.41) is 48.0. The highest BCUT2D eigenvalue weighted by molar-refractivity contribution is 5.84. The molecule has 1 amide bonds. The topological polar surface area (TPSA) is 190 Å². The SMILES string of the molecule is CC(=O)NC1C(O)CC(OCc2ccccc2)(C(=O)O)OC1[C@H](O)CNC(Cc1c[nH]c2ccccc12)C(=O)O. The monoisotopic (exact) mass is 555 g/mol. The van der Waals surface area contributed by atoms with Crippen LogP contribution in [0.4, 0.5) is 0 Å². The van der Waals surface area contributed by atoms with Gasteiger partial charge in [0.15, 0.2) is 0 Å². The van der Waals surface area contributed by atoms with Gasteiger partial charge >= 0.3 is 11.9 Å². The number of rotatable bonds is 12. The van der Waals surface area contributed by atoms with E-state index in [1.54, 1.807) is 36.5 Å². The lowest BCUT2D eigenvalue weighted by molar-refractivity contribution is -0.309. The highest BCUT2D eigenvalue weighted by Gasteiger charge is 2.55. The standard InChI is InChI=1S/C28H33N3O9/c1-16(32)31-24-22(33)12-28(27(37)38,39-15-17-7-3-2-4-8-17)40-25(24)23(34)14-30-21(26(35)36)11-18-13-29-20-10-6-5-9-19(18)20/h2-10,13,21-25,29-30,33-34H,11-12,14-15H2,1H3,(H,31,32)(H,35,36)(H,37,38)/t21?,22?,23-,24?,25?,28?/m1/s1. The van der Waals surface area contributed by atoms with Crippen LogP contribution in [0.5, 0.6) is 0 Å². The van der Waals surface area contributed by atoms with Gasteiger partial charge in [0.1, 0.15) is 12.1 Å². The van der Waals surface area contributed by atoms with Gasteiger partial charge in [0.25, 0.3) is 5.79 Å². The van der Waals surface area contributed by atoms with E-state index in [1.165, 1.54) is 6.92 Å². The molecule has 2 heterocycles. The summed E-state index contributed by atoms with van der Waals surface area (Å²) in [6.07, 6.45) is -3.14. The maximum atomic E-state index is 12.4. The van der Waals surface area contributed by atoms with E-state index < -0.39 is 60.4 Å². The number of para-hydroxylation sites is 1. The maximum absolute atomic E-state index is 12.4. The van der Waals surface area contributed by atoms with Crippen LogP contribution < -0.4 is 10.6 Å². The molecule has 0 radical (unpaired) electrons. The summed E-state index contributed by atoms with van der Waals surface area (Å²) < 4.78 is 11.5. The van der Waals surface area contributed by atoms with Crippen LogP contribution in [0.25, 0.3) is 10.9 Å². The zero-order chi connectivity index (χ0) is 28.9. The van der Waals surface area contributed by atoms with Crippen LogP contribution in [0.1, 0.15) is 24.5 Å². The number of carboxylic acid groups (broad SMARTS) is 2. The second-order valence-electron chi connectivity index (χ2n) is 9.84. The van der Waals surface area contributed by atoms with E-state index >= 15 is 0 Å². The molecule has 2 aromatic carbocycles. The first kappa shape index (κ1) is 29.2. The average Bonchev–Trinajstić information content (AvgIpc) is 3.33. The van der Waals surface area contributed by atoms with Crippen molar-refractivity contribution in [2.75, 3.05) is 6.54 Å². The first-order chi connectivity index (χ1) is 19.1. The Morgan fingerprint density at radius 2 is 1.82 bits per heavy atom. The van der Waals surface area contributed by atoms with Crippen molar-refractivity contribution in [1.82, 2.24) is 15.6 Å². The third-order valence-electron chi connectivity index (χ3n) is 6.93. The molecular weight excluding hydrogens is 522 g/mol. The number of hydrogen-bond acceptors (Lipinski definition) is 8. The molecule has 0 aliphatic carbocycles. The second-order valence-corrected chi connectivity index (χ2v) is 9.84. The predicted molar refractivity (Wildman–Crippen MR) is 142 cm³/mol. The number of nitrogens with one attached hydrogen (secondary N) is 3. The number of carbonyl (C=O) groups is 3.